The molecule has 2 aromatic rings. The largest absolute Gasteiger partial charge is 0.479 e. The molecule has 0 radical (unpaired) electrons. The van der Waals surface area contributed by atoms with Crippen molar-refractivity contribution in [3.05, 3.63) is 62.1 Å². The first-order valence-corrected chi connectivity index (χ1v) is 10.1. The number of amides is 2. The van der Waals surface area contributed by atoms with Gasteiger partial charge in [0.1, 0.15) is 5.57 Å². The summed E-state index contributed by atoms with van der Waals surface area (Å²) in [6, 6.07) is 9.61. The molecule has 1 aliphatic rings. The molecule has 0 spiro atoms. The fourth-order valence-electron chi connectivity index (χ4n) is 2.58. The SMILES string of the molecule is O=C(O)COc1c(Cl)cc(C=C2C(=O)NC(=S)N(c3ccc(Br)cc3)C2=O)cc1Cl. The average Bonchev–Trinajstić information content (AvgIpc) is 2.65. The predicted molar refractivity (Wildman–Crippen MR) is 120 cm³/mol. The third-order valence-electron chi connectivity index (χ3n) is 3.86. The maximum Gasteiger partial charge on any atom is 0.341 e. The molecule has 1 aliphatic heterocycles. The van der Waals surface area contributed by atoms with Gasteiger partial charge in [0, 0.05) is 4.47 Å². The Balaban J connectivity index is 1.96. The molecule has 2 amide bonds. The molecule has 0 atom stereocenters. The Morgan fingerprint density at radius 3 is 2.37 bits per heavy atom. The first kappa shape index (κ1) is 22.2. The molecule has 1 fully saturated rings. The van der Waals surface area contributed by atoms with Crippen molar-refractivity contribution in [3.8, 4) is 5.75 Å². The molecular formula is C19H11BrCl2N2O5S. The summed E-state index contributed by atoms with van der Waals surface area (Å²) in [4.78, 5) is 37.2. The summed E-state index contributed by atoms with van der Waals surface area (Å²) < 4.78 is 5.87. The first-order chi connectivity index (χ1) is 14.2. The second kappa shape index (κ2) is 9.13. The summed E-state index contributed by atoms with van der Waals surface area (Å²) in [5, 5.41) is 11.2. The molecule has 1 heterocycles. The molecule has 2 aromatic carbocycles. The van der Waals surface area contributed by atoms with Gasteiger partial charge in [-0.3, -0.25) is 19.8 Å². The molecular weight excluding hydrogens is 519 g/mol. The van der Waals surface area contributed by atoms with Crippen molar-refractivity contribution in [1.82, 2.24) is 5.32 Å². The highest BCUT2D eigenvalue weighted by Crippen LogP contribution is 2.35. The summed E-state index contributed by atoms with van der Waals surface area (Å²) in [5.41, 5.74) is 0.639. The quantitative estimate of drug-likeness (QED) is 0.344. The molecule has 7 nitrogen and oxygen atoms in total. The van der Waals surface area contributed by atoms with Crippen LogP contribution in [-0.2, 0) is 14.4 Å². The number of ether oxygens (including phenoxy) is 1. The molecule has 154 valence electrons. The number of hydrogen-bond donors (Lipinski definition) is 2. The number of anilines is 1. The minimum Gasteiger partial charge on any atom is -0.479 e. The number of nitrogens with zero attached hydrogens (tertiary/aromatic N) is 1. The van der Waals surface area contributed by atoms with Crippen LogP contribution in [0, 0.1) is 0 Å². The van der Waals surface area contributed by atoms with E-state index in [1.165, 1.54) is 23.1 Å². The van der Waals surface area contributed by atoms with Crippen LogP contribution in [0.25, 0.3) is 6.08 Å². The van der Waals surface area contributed by atoms with E-state index < -0.39 is 24.4 Å². The monoisotopic (exact) mass is 528 g/mol. The minimum absolute atomic E-state index is 0.0139. The zero-order valence-electron chi connectivity index (χ0n) is 14.8. The van der Waals surface area contributed by atoms with Crippen LogP contribution in [0.5, 0.6) is 5.75 Å². The highest BCUT2D eigenvalue weighted by molar-refractivity contribution is 9.10. The number of halogens is 3. The lowest BCUT2D eigenvalue weighted by Crippen LogP contribution is -2.54. The Bertz CT molecular complexity index is 1080. The molecule has 1 saturated heterocycles. The van der Waals surface area contributed by atoms with Crippen LogP contribution in [0.4, 0.5) is 5.69 Å². The van der Waals surface area contributed by atoms with E-state index in [4.69, 9.17) is 45.3 Å². The van der Waals surface area contributed by atoms with Crippen LogP contribution in [0.1, 0.15) is 5.56 Å². The van der Waals surface area contributed by atoms with Gasteiger partial charge in [0.25, 0.3) is 11.8 Å². The van der Waals surface area contributed by atoms with E-state index in [9.17, 15) is 14.4 Å². The van der Waals surface area contributed by atoms with E-state index >= 15 is 0 Å². The molecule has 11 heteroatoms. The van der Waals surface area contributed by atoms with Crippen molar-refractivity contribution in [2.45, 2.75) is 0 Å². The van der Waals surface area contributed by atoms with Gasteiger partial charge < -0.3 is 9.84 Å². The van der Waals surface area contributed by atoms with Gasteiger partial charge in [0.05, 0.1) is 15.7 Å². The van der Waals surface area contributed by atoms with E-state index in [0.717, 1.165) is 4.47 Å². The second-order valence-electron chi connectivity index (χ2n) is 5.93. The van der Waals surface area contributed by atoms with Gasteiger partial charge in [-0.15, -0.1) is 0 Å². The smallest absolute Gasteiger partial charge is 0.341 e. The number of carbonyl (C=O) groups excluding carboxylic acids is 2. The molecule has 0 aromatic heterocycles. The van der Waals surface area contributed by atoms with Crippen molar-refractivity contribution in [2.24, 2.45) is 0 Å². The number of thiocarbonyl (C=S) groups is 1. The van der Waals surface area contributed by atoms with Gasteiger partial charge in [0.15, 0.2) is 17.5 Å². The average molecular weight is 530 g/mol. The van der Waals surface area contributed by atoms with Crippen LogP contribution < -0.4 is 15.0 Å². The fourth-order valence-corrected chi connectivity index (χ4v) is 3.74. The van der Waals surface area contributed by atoms with Crippen LogP contribution in [0.15, 0.2) is 46.4 Å². The van der Waals surface area contributed by atoms with Crippen LogP contribution in [0.2, 0.25) is 10.0 Å². The third-order valence-corrected chi connectivity index (χ3v) is 5.23. The molecule has 0 unspecified atom stereocenters. The van der Waals surface area contributed by atoms with Crippen molar-refractivity contribution < 1.29 is 24.2 Å². The fraction of sp³-hybridized carbons (Fsp3) is 0.0526. The second-order valence-corrected chi connectivity index (χ2v) is 8.05. The maximum atomic E-state index is 13.0. The first-order valence-electron chi connectivity index (χ1n) is 8.18. The summed E-state index contributed by atoms with van der Waals surface area (Å²) in [5.74, 6) is -2.50. The van der Waals surface area contributed by atoms with Gasteiger partial charge in [-0.25, -0.2) is 4.79 Å². The number of carbonyl (C=O) groups is 3. The Kier molecular flexibility index (Phi) is 6.77. The number of benzene rings is 2. The highest BCUT2D eigenvalue weighted by atomic mass is 79.9. The van der Waals surface area contributed by atoms with E-state index in [2.05, 4.69) is 21.2 Å². The van der Waals surface area contributed by atoms with Gasteiger partial charge in [-0.1, -0.05) is 39.1 Å². The predicted octanol–water partition coefficient (Wildman–Crippen LogP) is 4.05. The van der Waals surface area contributed by atoms with Crippen molar-refractivity contribution in [2.75, 3.05) is 11.5 Å². The lowest BCUT2D eigenvalue weighted by molar-refractivity contribution is -0.139. The van der Waals surface area contributed by atoms with Gasteiger partial charge >= 0.3 is 5.97 Å². The Morgan fingerprint density at radius 1 is 1.20 bits per heavy atom. The van der Waals surface area contributed by atoms with Crippen molar-refractivity contribution >= 4 is 86.0 Å². The summed E-state index contributed by atoms with van der Waals surface area (Å²) in [6.45, 7) is -0.625. The molecule has 0 bridgehead atoms. The summed E-state index contributed by atoms with van der Waals surface area (Å²) >= 11 is 20.7. The zero-order valence-corrected chi connectivity index (χ0v) is 18.7. The lowest BCUT2D eigenvalue weighted by atomic mass is 10.1. The van der Waals surface area contributed by atoms with E-state index in [1.807, 2.05) is 0 Å². The normalized spacial score (nSPS) is 15.4. The molecule has 0 saturated carbocycles. The van der Waals surface area contributed by atoms with Crippen LogP contribution >= 0.6 is 51.3 Å². The lowest BCUT2D eigenvalue weighted by Gasteiger charge is -2.29. The molecule has 30 heavy (non-hydrogen) atoms. The Labute approximate surface area is 194 Å². The van der Waals surface area contributed by atoms with Gasteiger partial charge in [-0.2, -0.15) is 0 Å². The number of hydrogen-bond acceptors (Lipinski definition) is 5. The third kappa shape index (κ3) is 4.81. The zero-order chi connectivity index (χ0) is 22.0. The molecule has 0 aliphatic carbocycles. The Hall–Kier alpha value is -2.46. The molecule has 3 rings (SSSR count). The number of nitrogens with one attached hydrogen (secondary N) is 1. The topological polar surface area (TPSA) is 95.9 Å². The maximum absolute atomic E-state index is 13.0. The number of carboxylic acids is 1. The standard InChI is InChI=1S/C19H11BrCl2N2O5S/c20-10-1-3-11(4-2-10)24-18(28)12(17(27)23-19(24)30)5-9-6-13(21)16(14(22)7-9)29-8-15(25)26/h1-7H,8H2,(H,25,26)(H,23,27,30). The highest BCUT2D eigenvalue weighted by Gasteiger charge is 2.34. The number of carboxylic acid groups (broad SMARTS) is 1. The van der Waals surface area contributed by atoms with Crippen molar-refractivity contribution in [1.29, 1.82) is 0 Å². The number of aliphatic carboxylic acids is 1. The summed E-state index contributed by atoms with van der Waals surface area (Å²) in [7, 11) is 0. The molecule has 2 N–H and O–H groups in total. The van der Waals surface area contributed by atoms with Crippen LogP contribution in [-0.4, -0.2) is 34.6 Å². The Morgan fingerprint density at radius 2 is 1.80 bits per heavy atom. The summed E-state index contributed by atoms with van der Waals surface area (Å²) in [6.07, 6.45) is 1.31. The van der Waals surface area contributed by atoms with E-state index in [0.29, 0.717) is 11.3 Å². The van der Waals surface area contributed by atoms with Gasteiger partial charge in [0.2, 0.25) is 0 Å². The van der Waals surface area contributed by atoms with E-state index in [1.54, 1.807) is 24.3 Å². The number of rotatable bonds is 5. The van der Waals surface area contributed by atoms with Crippen LogP contribution in [0.3, 0.4) is 0 Å². The van der Waals surface area contributed by atoms with Crippen molar-refractivity contribution in [3.63, 3.8) is 0 Å². The van der Waals surface area contributed by atoms with E-state index in [-0.39, 0.29) is 26.5 Å². The van der Waals surface area contributed by atoms with Gasteiger partial charge in [-0.05, 0) is 60.3 Å². The minimum atomic E-state index is -1.19.